The van der Waals surface area contributed by atoms with Crippen LogP contribution >= 0.6 is 11.6 Å². The van der Waals surface area contributed by atoms with Gasteiger partial charge in [0.25, 0.3) is 0 Å². The van der Waals surface area contributed by atoms with Crippen LogP contribution in [0.2, 0.25) is 5.02 Å². The van der Waals surface area contributed by atoms with Gasteiger partial charge in [0.05, 0.1) is 6.54 Å². The third-order valence-corrected chi connectivity index (χ3v) is 6.47. The lowest BCUT2D eigenvalue weighted by Crippen LogP contribution is -2.50. The summed E-state index contributed by atoms with van der Waals surface area (Å²) in [5, 5.41) is 1.72. The number of Topliss-reactive ketones (excluding diaryl/α,β-unsaturated/α-hetero) is 1. The van der Waals surface area contributed by atoms with Crippen LogP contribution in [0.15, 0.2) is 55.1 Å². The second kappa shape index (κ2) is 8.83. The third kappa shape index (κ3) is 4.05. The molecule has 5 nitrogen and oxygen atoms in total. The molecule has 1 fully saturated rings. The van der Waals surface area contributed by atoms with Crippen LogP contribution in [0, 0.1) is 12.8 Å². The smallest absolute Gasteiger partial charge is 0.245 e. The molecule has 0 radical (unpaired) electrons. The summed E-state index contributed by atoms with van der Waals surface area (Å²) in [7, 11) is 4.06. The summed E-state index contributed by atoms with van der Waals surface area (Å²) in [6, 6.07) is 14.1. The van der Waals surface area contributed by atoms with E-state index < -0.39 is 0 Å². The summed E-state index contributed by atoms with van der Waals surface area (Å²) in [4.78, 5) is 28.4. The number of fused-ring (bicyclic) bond motifs is 1. The molecule has 1 saturated heterocycles. The third-order valence-electron chi connectivity index (χ3n) is 6.23. The fourth-order valence-corrected chi connectivity index (χ4v) is 4.82. The number of anilines is 1. The van der Waals surface area contributed by atoms with E-state index in [2.05, 4.69) is 35.1 Å². The number of ketones is 1. The van der Waals surface area contributed by atoms with E-state index in [1.807, 2.05) is 44.4 Å². The number of nitrogens with zero attached hydrogens (tertiary/aromatic N) is 3. The summed E-state index contributed by atoms with van der Waals surface area (Å²) in [6.45, 7) is 7.14. The van der Waals surface area contributed by atoms with Crippen molar-refractivity contribution in [1.29, 1.82) is 0 Å². The van der Waals surface area contributed by atoms with Crippen molar-refractivity contribution >= 4 is 39.9 Å². The van der Waals surface area contributed by atoms with Crippen LogP contribution in [0.5, 0.6) is 0 Å². The zero-order chi connectivity index (χ0) is 23.0. The van der Waals surface area contributed by atoms with Gasteiger partial charge in [0.15, 0.2) is 5.78 Å². The summed E-state index contributed by atoms with van der Waals surface area (Å²) in [5.74, 6) is 0.321. The molecule has 6 heteroatoms. The number of likely N-dealkylation sites (tertiary alicyclic amines) is 1. The van der Waals surface area contributed by atoms with Crippen molar-refractivity contribution in [3.05, 3.63) is 65.8 Å². The Morgan fingerprint density at radius 2 is 1.91 bits per heavy atom. The molecule has 0 bridgehead atoms. The minimum absolute atomic E-state index is 0.0676. The quantitative estimate of drug-likeness (QED) is 0.480. The molecule has 4 rings (SSSR count). The molecule has 0 atom stereocenters. The minimum Gasteiger partial charge on any atom is -0.377 e. The number of carbonyl (C=O) groups is 2. The Bertz CT molecular complexity index is 1210. The predicted octanol–water partition coefficient (Wildman–Crippen LogP) is 4.94. The summed E-state index contributed by atoms with van der Waals surface area (Å²) >= 11 is 6.37. The van der Waals surface area contributed by atoms with Crippen LogP contribution in [-0.2, 0) is 16.1 Å². The van der Waals surface area contributed by atoms with Crippen LogP contribution in [0.3, 0.4) is 0 Å². The van der Waals surface area contributed by atoms with Gasteiger partial charge in [-0.15, -0.1) is 0 Å². The largest absolute Gasteiger partial charge is 0.377 e. The molecule has 3 aromatic rings. The Balaban J connectivity index is 1.67. The summed E-state index contributed by atoms with van der Waals surface area (Å²) in [5.41, 5.74) is 5.38. The highest BCUT2D eigenvalue weighted by atomic mass is 35.5. The predicted molar refractivity (Wildman–Crippen MR) is 131 cm³/mol. The molecule has 0 aliphatic carbocycles. The van der Waals surface area contributed by atoms with E-state index >= 15 is 0 Å². The first-order valence-corrected chi connectivity index (χ1v) is 11.2. The highest BCUT2D eigenvalue weighted by Crippen LogP contribution is 2.40. The Hall–Kier alpha value is -3.05. The number of aromatic nitrogens is 1. The van der Waals surface area contributed by atoms with E-state index in [1.165, 1.54) is 6.08 Å². The second-order valence-electron chi connectivity index (χ2n) is 8.68. The molecule has 1 aliphatic rings. The molecule has 0 unspecified atom stereocenters. The summed E-state index contributed by atoms with van der Waals surface area (Å²) < 4.78 is 2.10. The number of hydrogen-bond acceptors (Lipinski definition) is 3. The van der Waals surface area contributed by atoms with Crippen molar-refractivity contribution in [2.45, 2.75) is 19.9 Å². The lowest BCUT2D eigenvalue weighted by Gasteiger charge is -2.38. The van der Waals surface area contributed by atoms with Crippen LogP contribution in [0.4, 0.5) is 5.69 Å². The van der Waals surface area contributed by atoms with E-state index in [1.54, 1.807) is 4.90 Å². The van der Waals surface area contributed by atoms with E-state index in [0.29, 0.717) is 31.1 Å². The Morgan fingerprint density at radius 1 is 1.19 bits per heavy atom. The molecule has 32 heavy (non-hydrogen) atoms. The van der Waals surface area contributed by atoms with Gasteiger partial charge in [0.1, 0.15) is 0 Å². The highest BCUT2D eigenvalue weighted by Gasteiger charge is 2.31. The van der Waals surface area contributed by atoms with Crippen LogP contribution in [0.25, 0.3) is 22.0 Å². The topological polar surface area (TPSA) is 45.6 Å². The number of para-hydroxylation sites is 1. The zero-order valence-electron chi connectivity index (χ0n) is 18.8. The van der Waals surface area contributed by atoms with E-state index in [9.17, 15) is 9.59 Å². The number of carbonyl (C=O) groups excluding carboxylic acids is 2. The van der Waals surface area contributed by atoms with Crippen LogP contribution < -0.4 is 4.90 Å². The molecule has 2 aromatic carbocycles. The SMILES string of the molecule is C=CC(=O)N1CC(CC(=O)Cn2c(C)c(-c3ccccc3N(C)C)c3cc(Cl)ccc32)C1. The van der Waals surface area contributed by atoms with E-state index in [4.69, 9.17) is 11.6 Å². The monoisotopic (exact) mass is 449 g/mol. The lowest BCUT2D eigenvalue weighted by molar-refractivity contribution is -0.134. The molecule has 2 heterocycles. The second-order valence-corrected chi connectivity index (χ2v) is 9.11. The number of rotatable bonds is 7. The van der Waals surface area contributed by atoms with Crippen molar-refractivity contribution in [2.24, 2.45) is 5.92 Å². The van der Waals surface area contributed by atoms with Gasteiger partial charge in [-0.25, -0.2) is 0 Å². The normalized spacial score (nSPS) is 13.8. The molecule has 1 amide bonds. The molecule has 0 saturated carbocycles. The Kier molecular flexibility index (Phi) is 6.11. The minimum atomic E-state index is -0.0676. The first kappa shape index (κ1) is 22.2. The molecule has 0 spiro atoms. The molecule has 166 valence electrons. The van der Waals surface area contributed by atoms with Crippen LogP contribution in [-0.4, -0.2) is 48.3 Å². The van der Waals surface area contributed by atoms with Crippen LogP contribution in [0.1, 0.15) is 12.1 Å². The van der Waals surface area contributed by atoms with Gasteiger partial charge in [-0.1, -0.05) is 36.4 Å². The van der Waals surface area contributed by atoms with Gasteiger partial charge in [0.2, 0.25) is 5.91 Å². The maximum absolute atomic E-state index is 13.0. The summed E-state index contributed by atoms with van der Waals surface area (Å²) in [6.07, 6.45) is 1.79. The van der Waals surface area contributed by atoms with Gasteiger partial charge < -0.3 is 14.4 Å². The molecule has 1 aromatic heterocycles. The average molecular weight is 450 g/mol. The van der Waals surface area contributed by atoms with Gasteiger partial charge in [-0.05, 0) is 37.3 Å². The van der Waals surface area contributed by atoms with Gasteiger partial charge in [-0.2, -0.15) is 0 Å². The van der Waals surface area contributed by atoms with E-state index in [-0.39, 0.29) is 17.6 Å². The number of hydrogen-bond donors (Lipinski definition) is 0. The van der Waals surface area contributed by atoms with Crippen molar-refractivity contribution in [3.63, 3.8) is 0 Å². The Morgan fingerprint density at radius 3 is 2.59 bits per heavy atom. The van der Waals surface area contributed by atoms with Gasteiger partial charge >= 0.3 is 0 Å². The first-order chi connectivity index (χ1) is 15.3. The number of benzene rings is 2. The van der Waals surface area contributed by atoms with Crippen molar-refractivity contribution in [1.82, 2.24) is 9.47 Å². The van der Waals surface area contributed by atoms with E-state index in [0.717, 1.165) is 33.4 Å². The Labute approximate surface area is 193 Å². The fraction of sp³-hybridized carbons (Fsp3) is 0.308. The van der Waals surface area contributed by atoms with Crippen molar-refractivity contribution < 1.29 is 9.59 Å². The number of amides is 1. The van der Waals surface area contributed by atoms with Crippen molar-refractivity contribution in [3.8, 4) is 11.1 Å². The highest BCUT2D eigenvalue weighted by molar-refractivity contribution is 6.31. The standard InChI is InChI=1S/C26H28ClN3O2/c1-5-25(32)29-14-18(15-29)12-20(31)16-30-17(2)26(22-13-19(27)10-11-24(22)30)21-8-6-7-9-23(21)28(3)4/h5-11,13,18H,1,12,14-16H2,2-4H3. The number of halogens is 1. The lowest BCUT2D eigenvalue weighted by atomic mass is 9.94. The first-order valence-electron chi connectivity index (χ1n) is 10.8. The average Bonchev–Trinajstić information content (AvgIpc) is 3.00. The molecular formula is C26H28ClN3O2. The molecule has 0 N–H and O–H groups in total. The fourth-order valence-electron chi connectivity index (χ4n) is 4.64. The zero-order valence-corrected chi connectivity index (χ0v) is 19.5. The maximum atomic E-state index is 13.0. The van der Waals surface area contributed by atoms with Gasteiger partial charge in [0, 0.05) is 78.0 Å². The molecule has 1 aliphatic heterocycles. The van der Waals surface area contributed by atoms with Gasteiger partial charge in [-0.3, -0.25) is 9.59 Å². The van der Waals surface area contributed by atoms with Crippen molar-refractivity contribution in [2.75, 3.05) is 32.1 Å². The maximum Gasteiger partial charge on any atom is 0.245 e. The molecular weight excluding hydrogens is 422 g/mol.